The van der Waals surface area contributed by atoms with Crippen LogP contribution in [0.25, 0.3) is 22.3 Å². The summed E-state index contributed by atoms with van der Waals surface area (Å²) in [5, 5.41) is 0. The molecule has 1 aromatic heterocycles. The van der Waals surface area contributed by atoms with E-state index in [-0.39, 0.29) is 5.56 Å². The molecule has 0 N–H and O–H groups in total. The van der Waals surface area contributed by atoms with Gasteiger partial charge in [-0.15, -0.1) is 0 Å². The standard InChI is InChI=1S/C16H14N2O/c1-11-6-5-7-12(10-11)15-16(19)18(2)14-9-4-3-8-13(14)17-15/h3-10H,1-2H3. The SMILES string of the molecule is Cc1cccc(-c2nc3ccccc3n(C)c2=O)c1. The van der Waals surface area contributed by atoms with Gasteiger partial charge < -0.3 is 4.57 Å². The summed E-state index contributed by atoms with van der Waals surface area (Å²) >= 11 is 0. The summed E-state index contributed by atoms with van der Waals surface area (Å²) in [7, 11) is 1.78. The summed E-state index contributed by atoms with van der Waals surface area (Å²) in [5.41, 5.74) is 4.11. The molecule has 3 rings (SSSR count). The van der Waals surface area contributed by atoms with Crippen LogP contribution in [0, 0.1) is 6.92 Å². The lowest BCUT2D eigenvalue weighted by molar-refractivity contribution is 0.895. The molecule has 0 aliphatic carbocycles. The van der Waals surface area contributed by atoms with Crippen molar-refractivity contribution in [2.24, 2.45) is 7.05 Å². The van der Waals surface area contributed by atoms with Crippen LogP contribution in [0.4, 0.5) is 0 Å². The zero-order valence-corrected chi connectivity index (χ0v) is 10.9. The van der Waals surface area contributed by atoms with Crippen LogP contribution in [0.15, 0.2) is 53.3 Å². The molecule has 0 amide bonds. The van der Waals surface area contributed by atoms with Gasteiger partial charge in [-0.2, -0.15) is 0 Å². The van der Waals surface area contributed by atoms with Crippen molar-refractivity contribution in [2.75, 3.05) is 0 Å². The Morgan fingerprint density at radius 2 is 1.84 bits per heavy atom. The summed E-state index contributed by atoms with van der Waals surface area (Å²) in [5.74, 6) is 0. The number of fused-ring (bicyclic) bond motifs is 1. The second-order valence-corrected chi connectivity index (χ2v) is 4.68. The van der Waals surface area contributed by atoms with E-state index in [2.05, 4.69) is 4.98 Å². The molecule has 3 heteroatoms. The van der Waals surface area contributed by atoms with E-state index < -0.39 is 0 Å². The normalized spacial score (nSPS) is 10.8. The van der Waals surface area contributed by atoms with Crippen molar-refractivity contribution in [3.05, 3.63) is 64.4 Å². The Morgan fingerprint density at radius 3 is 2.63 bits per heavy atom. The number of hydrogen-bond acceptors (Lipinski definition) is 2. The minimum Gasteiger partial charge on any atom is -0.308 e. The zero-order chi connectivity index (χ0) is 13.4. The van der Waals surface area contributed by atoms with Crippen LogP contribution < -0.4 is 5.56 Å². The van der Waals surface area contributed by atoms with Gasteiger partial charge in [0.05, 0.1) is 11.0 Å². The fourth-order valence-electron chi connectivity index (χ4n) is 2.26. The van der Waals surface area contributed by atoms with Crippen molar-refractivity contribution in [1.82, 2.24) is 9.55 Å². The van der Waals surface area contributed by atoms with Gasteiger partial charge >= 0.3 is 0 Å². The minimum absolute atomic E-state index is 0.0655. The molecule has 19 heavy (non-hydrogen) atoms. The lowest BCUT2D eigenvalue weighted by atomic mass is 10.1. The van der Waals surface area contributed by atoms with E-state index in [0.717, 1.165) is 22.2 Å². The topological polar surface area (TPSA) is 34.9 Å². The smallest absolute Gasteiger partial charge is 0.277 e. The predicted octanol–water partition coefficient (Wildman–Crippen LogP) is 2.91. The molecule has 0 saturated carbocycles. The first-order valence-electron chi connectivity index (χ1n) is 6.19. The van der Waals surface area contributed by atoms with E-state index in [1.165, 1.54) is 0 Å². The van der Waals surface area contributed by atoms with Crippen LogP contribution in [-0.2, 0) is 7.05 Å². The minimum atomic E-state index is -0.0655. The van der Waals surface area contributed by atoms with Crippen molar-refractivity contribution >= 4 is 11.0 Å². The van der Waals surface area contributed by atoms with E-state index in [0.29, 0.717) is 5.69 Å². The Balaban J connectivity index is 2.36. The third kappa shape index (κ3) is 1.93. The molecule has 0 spiro atoms. The Labute approximate surface area is 111 Å². The highest BCUT2D eigenvalue weighted by atomic mass is 16.1. The van der Waals surface area contributed by atoms with Crippen LogP contribution in [0.5, 0.6) is 0 Å². The largest absolute Gasteiger partial charge is 0.308 e. The fourth-order valence-corrected chi connectivity index (χ4v) is 2.26. The number of hydrogen-bond donors (Lipinski definition) is 0. The maximum atomic E-state index is 12.4. The first-order valence-corrected chi connectivity index (χ1v) is 6.19. The van der Waals surface area contributed by atoms with Crippen LogP contribution >= 0.6 is 0 Å². The van der Waals surface area contributed by atoms with Gasteiger partial charge in [-0.05, 0) is 25.1 Å². The van der Waals surface area contributed by atoms with Gasteiger partial charge in [0.15, 0.2) is 0 Å². The summed E-state index contributed by atoms with van der Waals surface area (Å²) in [6.07, 6.45) is 0. The molecule has 1 heterocycles. The van der Waals surface area contributed by atoms with Gasteiger partial charge in [0.1, 0.15) is 5.69 Å². The maximum absolute atomic E-state index is 12.4. The van der Waals surface area contributed by atoms with E-state index >= 15 is 0 Å². The Morgan fingerprint density at radius 1 is 1.05 bits per heavy atom. The third-order valence-electron chi connectivity index (χ3n) is 3.27. The number of benzene rings is 2. The van der Waals surface area contributed by atoms with Gasteiger partial charge in [0.2, 0.25) is 0 Å². The number of aromatic nitrogens is 2. The van der Waals surface area contributed by atoms with Crippen molar-refractivity contribution < 1.29 is 0 Å². The van der Waals surface area contributed by atoms with Crippen molar-refractivity contribution in [1.29, 1.82) is 0 Å². The van der Waals surface area contributed by atoms with E-state index in [1.54, 1.807) is 11.6 Å². The van der Waals surface area contributed by atoms with Gasteiger partial charge in [-0.1, -0.05) is 35.9 Å². The molecule has 94 valence electrons. The lowest BCUT2D eigenvalue weighted by Crippen LogP contribution is -2.20. The quantitative estimate of drug-likeness (QED) is 0.665. The highest BCUT2D eigenvalue weighted by Gasteiger charge is 2.10. The van der Waals surface area contributed by atoms with E-state index in [1.807, 2.05) is 55.5 Å². The first-order chi connectivity index (χ1) is 9.16. The molecule has 0 radical (unpaired) electrons. The second kappa shape index (κ2) is 4.35. The molecule has 0 bridgehead atoms. The number of aryl methyl sites for hydroxylation is 2. The third-order valence-corrected chi connectivity index (χ3v) is 3.27. The predicted molar refractivity (Wildman–Crippen MR) is 77.2 cm³/mol. The summed E-state index contributed by atoms with van der Waals surface area (Å²) in [6.45, 7) is 2.01. The molecule has 0 atom stereocenters. The molecule has 0 saturated heterocycles. The monoisotopic (exact) mass is 250 g/mol. The van der Waals surface area contributed by atoms with Gasteiger partial charge in [0, 0.05) is 12.6 Å². The van der Waals surface area contributed by atoms with Crippen LogP contribution in [0.2, 0.25) is 0 Å². The van der Waals surface area contributed by atoms with Crippen molar-refractivity contribution in [2.45, 2.75) is 6.92 Å². The number of rotatable bonds is 1. The molecule has 0 aliphatic heterocycles. The fraction of sp³-hybridized carbons (Fsp3) is 0.125. The number of para-hydroxylation sites is 2. The van der Waals surface area contributed by atoms with E-state index in [4.69, 9.17) is 0 Å². The molecule has 0 aliphatic rings. The molecule has 3 aromatic rings. The zero-order valence-electron chi connectivity index (χ0n) is 10.9. The lowest BCUT2D eigenvalue weighted by Gasteiger charge is -2.08. The van der Waals surface area contributed by atoms with Gasteiger partial charge in [-0.3, -0.25) is 4.79 Å². The second-order valence-electron chi connectivity index (χ2n) is 4.68. The summed E-state index contributed by atoms with van der Waals surface area (Å²) < 4.78 is 1.65. The Bertz CT molecular complexity index is 818. The Kier molecular flexibility index (Phi) is 2.67. The van der Waals surface area contributed by atoms with Crippen molar-refractivity contribution in [3.8, 4) is 11.3 Å². The molecule has 0 fully saturated rings. The molecular weight excluding hydrogens is 236 g/mol. The van der Waals surface area contributed by atoms with Crippen LogP contribution in [0.3, 0.4) is 0 Å². The van der Waals surface area contributed by atoms with Gasteiger partial charge in [-0.25, -0.2) is 4.98 Å². The van der Waals surface area contributed by atoms with E-state index in [9.17, 15) is 4.79 Å². The summed E-state index contributed by atoms with van der Waals surface area (Å²) in [6, 6.07) is 15.5. The highest BCUT2D eigenvalue weighted by Crippen LogP contribution is 2.17. The van der Waals surface area contributed by atoms with Gasteiger partial charge in [0.25, 0.3) is 5.56 Å². The molecule has 3 nitrogen and oxygen atoms in total. The Hall–Kier alpha value is -2.42. The molecule has 0 unspecified atom stereocenters. The summed E-state index contributed by atoms with van der Waals surface area (Å²) in [4.78, 5) is 16.9. The highest BCUT2D eigenvalue weighted by molar-refractivity contribution is 5.77. The average Bonchev–Trinajstić information content (AvgIpc) is 2.43. The van der Waals surface area contributed by atoms with Crippen LogP contribution in [0.1, 0.15) is 5.56 Å². The number of nitrogens with zero attached hydrogens (tertiary/aromatic N) is 2. The first kappa shape index (κ1) is 11.7. The maximum Gasteiger partial charge on any atom is 0.277 e. The average molecular weight is 250 g/mol. The molecule has 2 aromatic carbocycles. The molecular formula is C16H14N2O. The van der Waals surface area contributed by atoms with Crippen LogP contribution in [-0.4, -0.2) is 9.55 Å². The van der Waals surface area contributed by atoms with Crippen molar-refractivity contribution in [3.63, 3.8) is 0 Å².